The summed E-state index contributed by atoms with van der Waals surface area (Å²) >= 11 is 0. The molecule has 1 aromatic heterocycles. The van der Waals surface area contributed by atoms with Crippen molar-refractivity contribution in [3.63, 3.8) is 0 Å². The first-order valence-electron chi connectivity index (χ1n) is 7.53. The lowest BCUT2D eigenvalue weighted by atomic mass is 9.94. The van der Waals surface area contributed by atoms with Gasteiger partial charge in [0.1, 0.15) is 0 Å². The maximum atomic E-state index is 10.2. The zero-order valence-corrected chi connectivity index (χ0v) is 13.8. The van der Waals surface area contributed by atoms with Gasteiger partial charge in [-0.25, -0.2) is 0 Å². The highest BCUT2D eigenvalue weighted by atomic mass is 16.5. The van der Waals surface area contributed by atoms with Crippen LogP contribution < -0.4 is 0 Å². The van der Waals surface area contributed by atoms with Crippen LogP contribution in [0.15, 0.2) is 0 Å². The number of rotatable bonds is 3. The Morgan fingerprint density at radius 2 is 1.95 bits per heavy atom. The van der Waals surface area contributed by atoms with Crippen molar-refractivity contribution in [1.82, 2.24) is 9.78 Å². The second-order valence-corrected chi connectivity index (χ2v) is 7.14. The molecule has 0 spiro atoms. The molecule has 0 bridgehead atoms. The molecule has 2 unspecified atom stereocenters. The lowest BCUT2D eigenvalue weighted by molar-refractivity contribution is -0.0739. The second-order valence-electron chi connectivity index (χ2n) is 7.14. The van der Waals surface area contributed by atoms with E-state index in [9.17, 15) is 5.11 Å². The predicted octanol–water partition coefficient (Wildman–Crippen LogP) is 3.46. The molecule has 1 fully saturated rings. The summed E-state index contributed by atoms with van der Waals surface area (Å²) in [6.07, 6.45) is 1.22. The molecule has 0 aromatic carbocycles. The summed E-state index contributed by atoms with van der Waals surface area (Å²) in [5.41, 5.74) is 2.59. The highest BCUT2D eigenvalue weighted by Crippen LogP contribution is 2.45. The summed E-state index contributed by atoms with van der Waals surface area (Å²) in [5, 5.41) is 14.9. The van der Waals surface area contributed by atoms with E-state index in [0.29, 0.717) is 6.42 Å². The molecule has 1 aliphatic rings. The van der Waals surface area contributed by atoms with Crippen LogP contribution in [0.3, 0.4) is 0 Å². The molecule has 0 aliphatic carbocycles. The van der Waals surface area contributed by atoms with Gasteiger partial charge in [0.15, 0.2) is 0 Å². The molecule has 4 heteroatoms. The fourth-order valence-corrected chi connectivity index (χ4v) is 3.58. The van der Waals surface area contributed by atoms with Crippen LogP contribution in [0.2, 0.25) is 0 Å². The van der Waals surface area contributed by atoms with Gasteiger partial charge in [0.2, 0.25) is 0 Å². The quantitative estimate of drug-likeness (QED) is 0.922. The molecule has 1 aromatic rings. The molecule has 2 atom stereocenters. The van der Waals surface area contributed by atoms with Gasteiger partial charge >= 0.3 is 0 Å². The largest absolute Gasteiger partial charge is 0.388 e. The van der Waals surface area contributed by atoms with Gasteiger partial charge in [-0.2, -0.15) is 5.10 Å². The van der Waals surface area contributed by atoms with Gasteiger partial charge in [0.05, 0.1) is 29.0 Å². The Morgan fingerprint density at radius 1 is 1.35 bits per heavy atom. The van der Waals surface area contributed by atoms with E-state index < -0.39 is 6.10 Å². The van der Waals surface area contributed by atoms with Crippen LogP contribution in [-0.4, -0.2) is 26.1 Å². The van der Waals surface area contributed by atoms with Crippen LogP contribution in [-0.2, 0) is 4.74 Å². The topological polar surface area (TPSA) is 47.3 Å². The molecule has 114 valence electrons. The molecule has 20 heavy (non-hydrogen) atoms. The van der Waals surface area contributed by atoms with E-state index >= 15 is 0 Å². The first-order chi connectivity index (χ1) is 9.09. The molecule has 0 saturated carbocycles. The minimum absolute atomic E-state index is 0.135. The summed E-state index contributed by atoms with van der Waals surface area (Å²) in [6, 6.07) is 0.203. The Kier molecular flexibility index (Phi) is 3.76. The minimum atomic E-state index is -0.429. The van der Waals surface area contributed by atoms with Crippen molar-refractivity contribution in [2.75, 3.05) is 0 Å². The van der Waals surface area contributed by atoms with Gasteiger partial charge in [-0.05, 0) is 48.0 Å². The normalized spacial score (nSPS) is 25.9. The predicted molar refractivity (Wildman–Crippen MR) is 79.8 cm³/mol. The average molecular weight is 280 g/mol. The smallest absolute Gasteiger partial charge is 0.0858 e. The number of nitrogens with zero attached hydrogens (tertiary/aromatic N) is 2. The van der Waals surface area contributed by atoms with Gasteiger partial charge in [0, 0.05) is 17.7 Å². The summed E-state index contributed by atoms with van der Waals surface area (Å²) in [5.74, 6) is 0. The number of aliphatic hydroxyl groups excluding tert-OH is 1. The van der Waals surface area contributed by atoms with Crippen LogP contribution in [0, 0.1) is 13.8 Å². The molecule has 4 nitrogen and oxygen atoms in total. The Morgan fingerprint density at radius 3 is 2.40 bits per heavy atom. The Labute approximate surface area is 122 Å². The first-order valence-corrected chi connectivity index (χ1v) is 7.53. The Hall–Kier alpha value is -0.870. The third-order valence-electron chi connectivity index (χ3n) is 4.42. The van der Waals surface area contributed by atoms with E-state index in [0.717, 1.165) is 23.4 Å². The van der Waals surface area contributed by atoms with Gasteiger partial charge in [-0.1, -0.05) is 6.92 Å². The number of hydrogen-bond acceptors (Lipinski definition) is 3. The fourth-order valence-electron chi connectivity index (χ4n) is 3.58. The van der Waals surface area contributed by atoms with Gasteiger partial charge in [-0.15, -0.1) is 0 Å². The molecule has 1 aliphatic heterocycles. The maximum absolute atomic E-state index is 10.2. The molecule has 2 heterocycles. The van der Waals surface area contributed by atoms with Crippen molar-refractivity contribution < 1.29 is 9.84 Å². The molecular formula is C16H28N2O2. The molecular weight excluding hydrogens is 252 g/mol. The average Bonchev–Trinajstić information content (AvgIpc) is 2.70. The zero-order chi connectivity index (χ0) is 15.3. The zero-order valence-electron chi connectivity index (χ0n) is 13.8. The van der Waals surface area contributed by atoms with Gasteiger partial charge in [0.25, 0.3) is 0 Å². The van der Waals surface area contributed by atoms with E-state index in [1.54, 1.807) is 0 Å². The fraction of sp³-hybridized carbons (Fsp3) is 0.812. The summed E-state index contributed by atoms with van der Waals surface area (Å²) < 4.78 is 8.24. The monoisotopic (exact) mass is 280 g/mol. The molecule has 1 N–H and O–H groups in total. The highest BCUT2D eigenvalue weighted by molar-refractivity contribution is 5.28. The van der Waals surface area contributed by atoms with Crippen LogP contribution in [0.1, 0.15) is 76.6 Å². The lowest BCUT2D eigenvalue weighted by Gasteiger charge is -2.28. The number of aliphatic hydroxyl groups is 1. The second kappa shape index (κ2) is 4.85. The number of ether oxygens (including phenoxy) is 1. The standard InChI is InChI=1S/C16H28N2O2/c1-8-12(19)14-10(2)17-18(11(14)3)13-9-15(4,5)20-16(13,6)7/h12-13,19H,8-9H2,1-7H3. The van der Waals surface area contributed by atoms with Crippen LogP contribution in [0.4, 0.5) is 0 Å². The van der Waals surface area contributed by atoms with E-state index in [2.05, 4.69) is 39.3 Å². The highest BCUT2D eigenvalue weighted by Gasteiger charge is 2.48. The van der Waals surface area contributed by atoms with Gasteiger partial charge in [-0.3, -0.25) is 4.68 Å². The van der Waals surface area contributed by atoms with Crippen molar-refractivity contribution in [3.05, 3.63) is 17.0 Å². The van der Waals surface area contributed by atoms with Crippen molar-refractivity contribution in [3.8, 4) is 0 Å². The van der Waals surface area contributed by atoms with Crippen LogP contribution in [0.5, 0.6) is 0 Å². The Balaban J connectivity index is 2.44. The summed E-state index contributed by atoms with van der Waals surface area (Å²) in [6.45, 7) is 14.5. The summed E-state index contributed by atoms with van der Waals surface area (Å²) in [4.78, 5) is 0. The number of aryl methyl sites for hydroxylation is 1. The first kappa shape index (κ1) is 15.5. The van der Waals surface area contributed by atoms with E-state index in [4.69, 9.17) is 9.84 Å². The van der Waals surface area contributed by atoms with E-state index in [1.165, 1.54) is 0 Å². The third kappa shape index (κ3) is 2.51. The molecule has 0 radical (unpaired) electrons. The van der Waals surface area contributed by atoms with Crippen molar-refractivity contribution in [1.29, 1.82) is 0 Å². The number of aromatic nitrogens is 2. The third-order valence-corrected chi connectivity index (χ3v) is 4.42. The van der Waals surface area contributed by atoms with E-state index in [-0.39, 0.29) is 17.2 Å². The minimum Gasteiger partial charge on any atom is -0.388 e. The maximum Gasteiger partial charge on any atom is 0.0858 e. The molecule has 1 saturated heterocycles. The van der Waals surface area contributed by atoms with Gasteiger partial charge < -0.3 is 9.84 Å². The van der Waals surface area contributed by atoms with Crippen molar-refractivity contribution in [2.24, 2.45) is 0 Å². The molecule has 0 amide bonds. The summed E-state index contributed by atoms with van der Waals surface area (Å²) in [7, 11) is 0. The van der Waals surface area contributed by atoms with E-state index in [1.807, 2.05) is 13.8 Å². The van der Waals surface area contributed by atoms with Crippen LogP contribution in [0.25, 0.3) is 0 Å². The van der Waals surface area contributed by atoms with Crippen molar-refractivity contribution in [2.45, 2.75) is 84.7 Å². The Bertz CT molecular complexity index is 503. The molecule has 2 rings (SSSR count). The van der Waals surface area contributed by atoms with Crippen LogP contribution >= 0.6 is 0 Å². The number of hydrogen-bond donors (Lipinski definition) is 1. The SMILES string of the molecule is CCC(O)c1c(C)nn(C2CC(C)(C)OC2(C)C)c1C. The lowest BCUT2D eigenvalue weighted by Crippen LogP contribution is -2.32. The van der Waals surface area contributed by atoms with Crippen molar-refractivity contribution >= 4 is 0 Å².